The number of nitrogens with two attached hydrogens (primary N) is 1. The second-order valence-corrected chi connectivity index (χ2v) is 4.56. The Morgan fingerprint density at radius 2 is 2.30 bits per heavy atom. The number of non-ortho nitro benzene ring substituents is 1. The highest BCUT2D eigenvalue weighted by Gasteiger charge is 2.16. The summed E-state index contributed by atoms with van der Waals surface area (Å²) in [4.78, 5) is 25.9. The fourth-order valence-corrected chi connectivity index (χ4v) is 2.03. The molecule has 0 radical (unpaired) electrons. The number of carbonyl (C=O) groups excluding carboxylic acids is 1. The minimum atomic E-state index is -0.560. The molecule has 0 aliphatic rings. The first-order chi connectivity index (χ1) is 9.51. The first kappa shape index (κ1) is 13.7. The Kier molecular flexibility index (Phi) is 3.80. The Morgan fingerprint density at radius 1 is 1.55 bits per heavy atom. The Bertz CT molecular complexity index is 670. The van der Waals surface area contributed by atoms with E-state index in [1.807, 2.05) is 0 Å². The maximum Gasteiger partial charge on any atom is 0.275 e. The molecule has 1 heterocycles. The molecule has 0 saturated carbocycles. The number of carbonyl (C=O) groups is 1. The Labute approximate surface area is 117 Å². The standard InChI is InChI=1S/C11H10N4O4S/c1-19-9-3-2-6(15(17)18)4-7(9)13-10(16)8-5-20-11(12)14-8/h2-5H,1H3,(H2,12,14)(H,13,16). The van der Waals surface area contributed by atoms with Gasteiger partial charge in [-0.05, 0) is 6.07 Å². The molecule has 1 amide bonds. The molecule has 0 spiro atoms. The molecule has 0 bridgehead atoms. The first-order valence-corrected chi connectivity index (χ1v) is 6.24. The van der Waals surface area contributed by atoms with Gasteiger partial charge in [0.25, 0.3) is 11.6 Å². The summed E-state index contributed by atoms with van der Waals surface area (Å²) < 4.78 is 5.04. The van der Waals surface area contributed by atoms with Crippen molar-refractivity contribution in [3.05, 3.63) is 39.4 Å². The van der Waals surface area contributed by atoms with Gasteiger partial charge >= 0.3 is 0 Å². The van der Waals surface area contributed by atoms with E-state index in [0.29, 0.717) is 5.75 Å². The van der Waals surface area contributed by atoms with Crippen molar-refractivity contribution in [1.82, 2.24) is 4.98 Å². The minimum Gasteiger partial charge on any atom is -0.495 e. The summed E-state index contributed by atoms with van der Waals surface area (Å²) in [7, 11) is 1.40. The number of nitrogen functional groups attached to an aromatic ring is 1. The molecule has 3 N–H and O–H groups in total. The number of thiazole rings is 1. The number of rotatable bonds is 4. The van der Waals surface area contributed by atoms with Gasteiger partial charge in [-0.2, -0.15) is 0 Å². The second-order valence-electron chi connectivity index (χ2n) is 3.67. The van der Waals surface area contributed by atoms with E-state index < -0.39 is 10.8 Å². The summed E-state index contributed by atoms with van der Waals surface area (Å²) in [6.07, 6.45) is 0. The number of amides is 1. The lowest BCUT2D eigenvalue weighted by Crippen LogP contribution is -2.13. The molecular formula is C11H10N4O4S. The van der Waals surface area contributed by atoms with Crippen LogP contribution in [0.15, 0.2) is 23.6 Å². The molecule has 104 valence electrons. The van der Waals surface area contributed by atoms with Crippen LogP contribution in [0.2, 0.25) is 0 Å². The van der Waals surface area contributed by atoms with Gasteiger partial charge in [0, 0.05) is 17.5 Å². The van der Waals surface area contributed by atoms with Gasteiger partial charge in [-0.1, -0.05) is 0 Å². The Morgan fingerprint density at radius 3 is 2.85 bits per heavy atom. The SMILES string of the molecule is COc1ccc([N+](=O)[O-])cc1NC(=O)c1csc(N)n1. The van der Waals surface area contributed by atoms with Crippen LogP contribution in [0.3, 0.4) is 0 Å². The number of hydrogen-bond donors (Lipinski definition) is 2. The van der Waals surface area contributed by atoms with Crippen LogP contribution in [0, 0.1) is 10.1 Å². The number of ether oxygens (including phenoxy) is 1. The summed E-state index contributed by atoms with van der Waals surface area (Å²) in [5.41, 5.74) is 5.62. The normalized spacial score (nSPS) is 10.1. The van der Waals surface area contributed by atoms with Gasteiger partial charge in [0.2, 0.25) is 0 Å². The zero-order chi connectivity index (χ0) is 14.7. The van der Waals surface area contributed by atoms with Gasteiger partial charge in [0.1, 0.15) is 11.4 Å². The van der Waals surface area contributed by atoms with Crippen molar-refractivity contribution in [2.75, 3.05) is 18.2 Å². The van der Waals surface area contributed by atoms with E-state index in [9.17, 15) is 14.9 Å². The van der Waals surface area contributed by atoms with E-state index in [-0.39, 0.29) is 22.2 Å². The molecule has 0 aliphatic carbocycles. The van der Waals surface area contributed by atoms with Crippen LogP contribution in [-0.4, -0.2) is 22.9 Å². The zero-order valence-electron chi connectivity index (χ0n) is 10.3. The number of anilines is 2. The molecule has 8 nitrogen and oxygen atoms in total. The highest BCUT2D eigenvalue weighted by Crippen LogP contribution is 2.29. The van der Waals surface area contributed by atoms with Crippen molar-refractivity contribution >= 4 is 33.8 Å². The molecule has 1 aromatic heterocycles. The van der Waals surface area contributed by atoms with Gasteiger partial charge in [-0.25, -0.2) is 4.98 Å². The van der Waals surface area contributed by atoms with Crippen LogP contribution in [0.4, 0.5) is 16.5 Å². The van der Waals surface area contributed by atoms with E-state index >= 15 is 0 Å². The number of nitro groups is 1. The topological polar surface area (TPSA) is 120 Å². The van der Waals surface area contributed by atoms with Gasteiger partial charge in [-0.3, -0.25) is 14.9 Å². The van der Waals surface area contributed by atoms with Crippen LogP contribution in [0.5, 0.6) is 5.75 Å². The lowest BCUT2D eigenvalue weighted by molar-refractivity contribution is -0.384. The molecule has 0 saturated heterocycles. The maximum absolute atomic E-state index is 11.9. The number of nitrogens with one attached hydrogen (secondary N) is 1. The second kappa shape index (κ2) is 5.53. The predicted molar refractivity (Wildman–Crippen MR) is 74.1 cm³/mol. The van der Waals surface area contributed by atoms with Gasteiger partial charge in [0.05, 0.1) is 17.7 Å². The predicted octanol–water partition coefficient (Wildman–Crippen LogP) is 1.89. The van der Waals surface area contributed by atoms with Gasteiger partial charge in [0.15, 0.2) is 5.13 Å². The van der Waals surface area contributed by atoms with Gasteiger partial charge in [-0.15, -0.1) is 11.3 Å². The van der Waals surface area contributed by atoms with Crippen molar-refractivity contribution in [2.24, 2.45) is 0 Å². The molecule has 9 heteroatoms. The number of methoxy groups -OCH3 is 1. The third-order valence-electron chi connectivity index (χ3n) is 2.40. The minimum absolute atomic E-state index is 0.140. The Balaban J connectivity index is 2.29. The van der Waals surface area contributed by atoms with Crippen LogP contribution in [0.1, 0.15) is 10.5 Å². The first-order valence-electron chi connectivity index (χ1n) is 5.36. The van der Waals surface area contributed by atoms with Gasteiger partial charge < -0.3 is 15.8 Å². The third kappa shape index (κ3) is 2.83. The molecule has 0 aliphatic heterocycles. The van der Waals surface area contributed by atoms with Crippen LogP contribution in [-0.2, 0) is 0 Å². The summed E-state index contributed by atoms with van der Waals surface area (Å²) in [5, 5.41) is 15.0. The number of hydrogen-bond acceptors (Lipinski definition) is 7. The van der Waals surface area contributed by atoms with Crippen molar-refractivity contribution in [3.63, 3.8) is 0 Å². The maximum atomic E-state index is 11.9. The van der Waals surface area contributed by atoms with E-state index in [2.05, 4.69) is 10.3 Å². The number of nitrogens with zero attached hydrogens (tertiary/aromatic N) is 2. The number of nitro benzene ring substituents is 1. The lowest BCUT2D eigenvalue weighted by atomic mass is 10.2. The largest absolute Gasteiger partial charge is 0.495 e. The van der Waals surface area contributed by atoms with E-state index in [1.165, 1.54) is 30.7 Å². The zero-order valence-corrected chi connectivity index (χ0v) is 11.1. The lowest BCUT2D eigenvalue weighted by Gasteiger charge is -2.08. The molecule has 20 heavy (non-hydrogen) atoms. The van der Waals surface area contributed by atoms with Crippen LogP contribution < -0.4 is 15.8 Å². The quantitative estimate of drug-likeness (QED) is 0.656. The number of benzene rings is 1. The fraction of sp³-hybridized carbons (Fsp3) is 0.0909. The molecule has 2 rings (SSSR count). The van der Waals surface area contributed by atoms with Crippen LogP contribution >= 0.6 is 11.3 Å². The monoisotopic (exact) mass is 294 g/mol. The summed E-state index contributed by atoms with van der Waals surface area (Å²) in [5.74, 6) is -0.205. The van der Waals surface area contributed by atoms with Crippen molar-refractivity contribution in [2.45, 2.75) is 0 Å². The summed E-state index contributed by atoms with van der Waals surface area (Å²) in [6, 6.07) is 3.91. The molecule has 0 unspecified atom stereocenters. The molecule has 0 atom stereocenters. The average molecular weight is 294 g/mol. The molecule has 1 aromatic carbocycles. The smallest absolute Gasteiger partial charge is 0.275 e. The highest BCUT2D eigenvalue weighted by atomic mass is 32.1. The fourth-order valence-electron chi connectivity index (χ4n) is 1.49. The van der Waals surface area contributed by atoms with Crippen molar-refractivity contribution in [3.8, 4) is 5.75 Å². The number of aromatic nitrogens is 1. The average Bonchev–Trinajstić information content (AvgIpc) is 2.85. The van der Waals surface area contributed by atoms with Crippen molar-refractivity contribution < 1.29 is 14.5 Å². The Hall–Kier alpha value is -2.68. The summed E-state index contributed by atoms with van der Waals surface area (Å²) >= 11 is 1.13. The molecular weight excluding hydrogens is 284 g/mol. The van der Waals surface area contributed by atoms with Crippen LogP contribution in [0.25, 0.3) is 0 Å². The van der Waals surface area contributed by atoms with E-state index in [0.717, 1.165) is 11.3 Å². The molecule has 2 aromatic rings. The highest BCUT2D eigenvalue weighted by molar-refractivity contribution is 7.13. The van der Waals surface area contributed by atoms with E-state index in [4.69, 9.17) is 10.5 Å². The van der Waals surface area contributed by atoms with E-state index in [1.54, 1.807) is 0 Å². The third-order valence-corrected chi connectivity index (χ3v) is 3.07. The van der Waals surface area contributed by atoms with Crippen molar-refractivity contribution in [1.29, 1.82) is 0 Å². The summed E-state index contributed by atoms with van der Waals surface area (Å²) in [6.45, 7) is 0. The molecule has 0 fully saturated rings.